The Hall–Kier alpha value is 0.360. The first-order valence-corrected chi connectivity index (χ1v) is 8.13. The third-order valence-corrected chi connectivity index (χ3v) is 4.23. The summed E-state index contributed by atoms with van der Waals surface area (Å²) in [5, 5.41) is 1.10. The van der Waals surface area contributed by atoms with E-state index in [0.29, 0.717) is 6.10 Å². The van der Waals surface area contributed by atoms with Crippen molar-refractivity contribution in [3.63, 3.8) is 0 Å². The molecule has 3 nitrogen and oxygen atoms in total. The highest BCUT2D eigenvalue weighted by molar-refractivity contribution is 9.09. The van der Waals surface area contributed by atoms with Crippen LogP contribution in [-0.4, -0.2) is 67.1 Å². The molecule has 0 aromatic carbocycles. The van der Waals surface area contributed by atoms with Crippen molar-refractivity contribution >= 4 is 15.9 Å². The van der Waals surface area contributed by atoms with Crippen LogP contribution in [0.4, 0.5) is 0 Å². The predicted octanol–water partition coefficient (Wildman–Crippen LogP) is 1.96. The van der Waals surface area contributed by atoms with Gasteiger partial charge in [-0.05, 0) is 38.8 Å². The Morgan fingerprint density at radius 2 is 1.76 bits per heavy atom. The standard InChI is InChI=1S/C13H25BrN2O/c14-5-9-16-7-2-6-15(10-11-16)8-4-13-3-1-12-17-13/h13H,1-12H2. The van der Waals surface area contributed by atoms with E-state index in [-0.39, 0.29) is 0 Å². The zero-order chi connectivity index (χ0) is 11.9. The minimum Gasteiger partial charge on any atom is -0.378 e. The van der Waals surface area contributed by atoms with Crippen LogP contribution in [0.15, 0.2) is 0 Å². The lowest BCUT2D eigenvalue weighted by molar-refractivity contribution is 0.0924. The second-order valence-corrected chi connectivity index (χ2v) is 5.94. The molecule has 0 aliphatic carbocycles. The number of alkyl halides is 1. The van der Waals surface area contributed by atoms with Gasteiger partial charge in [0.15, 0.2) is 0 Å². The largest absolute Gasteiger partial charge is 0.378 e. The molecule has 0 spiro atoms. The molecule has 0 bridgehead atoms. The highest BCUT2D eigenvalue weighted by atomic mass is 79.9. The summed E-state index contributed by atoms with van der Waals surface area (Å²) < 4.78 is 5.69. The molecule has 2 fully saturated rings. The Balaban J connectivity index is 1.63. The molecule has 2 heterocycles. The molecule has 2 rings (SSSR count). The van der Waals surface area contributed by atoms with E-state index in [1.54, 1.807) is 0 Å². The SMILES string of the molecule is BrCCN1CCCN(CCC2CCCO2)CC1. The molecular formula is C13H25BrN2O. The Kier molecular flexibility index (Phi) is 6.26. The van der Waals surface area contributed by atoms with Crippen molar-refractivity contribution in [3.8, 4) is 0 Å². The van der Waals surface area contributed by atoms with Crippen molar-refractivity contribution < 1.29 is 4.74 Å². The maximum atomic E-state index is 5.69. The van der Waals surface area contributed by atoms with E-state index in [1.807, 2.05) is 0 Å². The molecule has 2 aliphatic heterocycles. The van der Waals surface area contributed by atoms with Crippen molar-refractivity contribution in [2.24, 2.45) is 0 Å². The van der Waals surface area contributed by atoms with Crippen molar-refractivity contribution in [1.82, 2.24) is 9.80 Å². The number of ether oxygens (including phenoxy) is 1. The van der Waals surface area contributed by atoms with Gasteiger partial charge in [-0.1, -0.05) is 15.9 Å². The fourth-order valence-corrected chi connectivity index (χ4v) is 3.29. The second kappa shape index (κ2) is 7.72. The predicted molar refractivity (Wildman–Crippen MR) is 74.9 cm³/mol. The van der Waals surface area contributed by atoms with Crippen LogP contribution >= 0.6 is 15.9 Å². The van der Waals surface area contributed by atoms with Gasteiger partial charge in [0.1, 0.15) is 0 Å². The van der Waals surface area contributed by atoms with Crippen LogP contribution in [0.5, 0.6) is 0 Å². The quantitative estimate of drug-likeness (QED) is 0.722. The van der Waals surface area contributed by atoms with Crippen molar-refractivity contribution in [1.29, 1.82) is 0 Å². The molecule has 0 amide bonds. The zero-order valence-electron chi connectivity index (χ0n) is 10.7. The van der Waals surface area contributed by atoms with E-state index in [4.69, 9.17) is 4.74 Å². The monoisotopic (exact) mass is 304 g/mol. The third kappa shape index (κ3) is 4.86. The first kappa shape index (κ1) is 13.8. The van der Waals surface area contributed by atoms with Gasteiger partial charge in [0.2, 0.25) is 0 Å². The normalized spacial score (nSPS) is 28.4. The van der Waals surface area contributed by atoms with Gasteiger partial charge < -0.3 is 14.5 Å². The summed E-state index contributed by atoms with van der Waals surface area (Å²) in [6.45, 7) is 8.42. The van der Waals surface area contributed by atoms with Gasteiger partial charge in [-0.15, -0.1) is 0 Å². The number of rotatable bonds is 5. The fourth-order valence-electron chi connectivity index (χ4n) is 2.79. The second-order valence-electron chi connectivity index (χ2n) is 5.15. The smallest absolute Gasteiger partial charge is 0.0588 e. The minimum absolute atomic E-state index is 0.553. The topological polar surface area (TPSA) is 15.7 Å². The van der Waals surface area contributed by atoms with Crippen LogP contribution in [-0.2, 0) is 4.74 Å². The maximum absolute atomic E-state index is 5.69. The van der Waals surface area contributed by atoms with E-state index < -0.39 is 0 Å². The molecule has 1 unspecified atom stereocenters. The van der Waals surface area contributed by atoms with Gasteiger partial charge in [-0.2, -0.15) is 0 Å². The Labute approximate surface area is 114 Å². The van der Waals surface area contributed by atoms with Crippen LogP contribution in [0, 0.1) is 0 Å². The van der Waals surface area contributed by atoms with Gasteiger partial charge in [0.25, 0.3) is 0 Å². The molecule has 1 atom stereocenters. The van der Waals surface area contributed by atoms with Gasteiger partial charge in [0, 0.05) is 38.1 Å². The molecule has 0 N–H and O–H groups in total. The van der Waals surface area contributed by atoms with Gasteiger partial charge in [-0.3, -0.25) is 0 Å². The molecule has 2 saturated heterocycles. The van der Waals surface area contributed by atoms with Crippen molar-refractivity contribution in [2.45, 2.75) is 31.8 Å². The van der Waals surface area contributed by atoms with Crippen LogP contribution in [0.2, 0.25) is 0 Å². The van der Waals surface area contributed by atoms with Crippen molar-refractivity contribution in [2.75, 3.05) is 51.2 Å². The molecule has 0 saturated carbocycles. The van der Waals surface area contributed by atoms with Crippen LogP contribution in [0.25, 0.3) is 0 Å². The van der Waals surface area contributed by atoms with Crippen LogP contribution < -0.4 is 0 Å². The number of halogens is 1. The number of hydrogen-bond donors (Lipinski definition) is 0. The Morgan fingerprint density at radius 3 is 2.41 bits per heavy atom. The van der Waals surface area contributed by atoms with Gasteiger partial charge in [0.05, 0.1) is 6.10 Å². The summed E-state index contributed by atoms with van der Waals surface area (Å²) in [5.41, 5.74) is 0. The molecule has 4 heteroatoms. The highest BCUT2D eigenvalue weighted by Crippen LogP contribution is 2.16. The fraction of sp³-hybridized carbons (Fsp3) is 1.00. The summed E-state index contributed by atoms with van der Waals surface area (Å²) in [6, 6.07) is 0. The average molecular weight is 305 g/mol. The van der Waals surface area contributed by atoms with E-state index in [1.165, 1.54) is 65.0 Å². The van der Waals surface area contributed by atoms with Gasteiger partial charge in [-0.25, -0.2) is 0 Å². The van der Waals surface area contributed by atoms with E-state index in [2.05, 4.69) is 25.7 Å². The minimum atomic E-state index is 0.553. The first-order valence-electron chi connectivity index (χ1n) is 7.01. The summed E-state index contributed by atoms with van der Waals surface area (Å²) in [5.74, 6) is 0. The number of hydrogen-bond acceptors (Lipinski definition) is 3. The summed E-state index contributed by atoms with van der Waals surface area (Å²) in [7, 11) is 0. The zero-order valence-corrected chi connectivity index (χ0v) is 12.3. The molecule has 0 aromatic heterocycles. The maximum Gasteiger partial charge on any atom is 0.0588 e. The van der Waals surface area contributed by atoms with E-state index in [9.17, 15) is 0 Å². The first-order chi connectivity index (χ1) is 8.38. The van der Waals surface area contributed by atoms with Crippen molar-refractivity contribution in [3.05, 3.63) is 0 Å². The lowest BCUT2D eigenvalue weighted by Crippen LogP contribution is -2.33. The lowest BCUT2D eigenvalue weighted by Gasteiger charge is -2.22. The molecular weight excluding hydrogens is 280 g/mol. The molecule has 2 aliphatic rings. The number of nitrogens with zero attached hydrogens (tertiary/aromatic N) is 2. The average Bonchev–Trinajstić information content (AvgIpc) is 2.75. The molecule has 0 aromatic rings. The molecule has 17 heavy (non-hydrogen) atoms. The Bertz CT molecular complexity index is 210. The third-order valence-electron chi connectivity index (χ3n) is 3.87. The summed E-state index contributed by atoms with van der Waals surface area (Å²) in [4.78, 5) is 5.19. The molecule has 0 radical (unpaired) electrons. The van der Waals surface area contributed by atoms with E-state index >= 15 is 0 Å². The Morgan fingerprint density at radius 1 is 1.00 bits per heavy atom. The molecule has 100 valence electrons. The van der Waals surface area contributed by atoms with Crippen LogP contribution in [0.1, 0.15) is 25.7 Å². The highest BCUT2D eigenvalue weighted by Gasteiger charge is 2.18. The van der Waals surface area contributed by atoms with E-state index in [0.717, 1.165) is 11.9 Å². The van der Waals surface area contributed by atoms with Gasteiger partial charge >= 0.3 is 0 Å². The lowest BCUT2D eigenvalue weighted by atomic mass is 10.2. The summed E-state index contributed by atoms with van der Waals surface area (Å²) in [6.07, 6.45) is 5.65. The van der Waals surface area contributed by atoms with Crippen LogP contribution in [0.3, 0.4) is 0 Å². The summed E-state index contributed by atoms with van der Waals surface area (Å²) >= 11 is 3.53.